The van der Waals surface area contributed by atoms with Crippen molar-refractivity contribution in [3.63, 3.8) is 0 Å². The number of hydrogen-bond donors (Lipinski definition) is 2. The van der Waals surface area contributed by atoms with Crippen molar-refractivity contribution in [3.05, 3.63) is 35.4 Å². The fraction of sp³-hybridized carbons (Fsp3) is 0.333. The highest BCUT2D eigenvalue weighted by atomic mass is 16.4. The molecule has 0 atom stereocenters. The van der Waals surface area contributed by atoms with E-state index in [0.29, 0.717) is 24.3 Å². The first-order valence-corrected chi connectivity index (χ1v) is 5.08. The third-order valence-electron chi connectivity index (χ3n) is 2.25. The molecule has 0 saturated heterocycles. The van der Waals surface area contributed by atoms with Gasteiger partial charge in [-0.05, 0) is 25.0 Å². The minimum absolute atomic E-state index is 0.625. The van der Waals surface area contributed by atoms with Gasteiger partial charge in [0, 0.05) is 12.8 Å². The van der Waals surface area contributed by atoms with E-state index in [-0.39, 0.29) is 0 Å². The summed E-state index contributed by atoms with van der Waals surface area (Å²) < 4.78 is 0. The smallest absolute Gasteiger partial charge is 0.0583 e. The molecule has 0 unspecified atom stereocenters. The van der Waals surface area contributed by atoms with Gasteiger partial charge in [0.25, 0.3) is 0 Å². The molecule has 4 nitrogen and oxygen atoms in total. The van der Waals surface area contributed by atoms with E-state index in [2.05, 4.69) is 10.3 Å². The summed E-state index contributed by atoms with van der Waals surface area (Å²) in [5.74, 6) is 0. The second-order valence-corrected chi connectivity index (χ2v) is 3.84. The second-order valence-electron chi connectivity index (χ2n) is 3.84. The Hall–Kier alpha value is -1.84. The molecule has 1 aromatic carbocycles. The van der Waals surface area contributed by atoms with Gasteiger partial charge in [-0.3, -0.25) is 0 Å². The molecule has 1 aromatic rings. The number of rotatable bonds is 4. The Morgan fingerprint density at radius 3 is 1.81 bits per heavy atom. The predicted octanol–water partition coefficient (Wildman–Crippen LogP) is 2.47. The SMILES string of the molecule is CC(Cc1cccc(CC(C)=NO)c1)=NO. The van der Waals surface area contributed by atoms with E-state index in [1.54, 1.807) is 13.8 Å². The summed E-state index contributed by atoms with van der Waals surface area (Å²) in [5, 5.41) is 23.5. The molecule has 1 rings (SSSR count). The molecule has 4 heteroatoms. The van der Waals surface area contributed by atoms with E-state index >= 15 is 0 Å². The van der Waals surface area contributed by atoms with Crippen molar-refractivity contribution < 1.29 is 10.4 Å². The highest BCUT2D eigenvalue weighted by molar-refractivity contribution is 5.84. The van der Waals surface area contributed by atoms with Gasteiger partial charge in [0.05, 0.1) is 11.4 Å². The van der Waals surface area contributed by atoms with Crippen molar-refractivity contribution in [3.8, 4) is 0 Å². The van der Waals surface area contributed by atoms with Crippen molar-refractivity contribution in [2.45, 2.75) is 26.7 Å². The van der Waals surface area contributed by atoms with Crippen LogP contribution in [0.1, 0.15) is 25.0 Å². The van der Waals surface area contributed by atoms with Crippen molar-refractivity contribution >= 4 is 11.4 Å². The quantitative estimate of drug-likeness (QED) is 0.465. The van der Waals surface area contributed by atoms with Crippen molar-refractivity contribution in [1.29, 1.82) is 0 Å². The fourth-order valence-corrected chi connectivity index (χ4v) is 1.51. The van der Waals surface area contributed by atoms with Crippen LogP contribution in [0.3, 0.4) is 0 Å². The molecule has 0 aromatic heterocycles. The molecule has 0 aliphatic carbocycles. The molecule has 86 valence electrons. The first-order chi connectivity index (χ1) is 7.65. The minimum atomic E-state index is 0.625. The van der Waals surface area contributed by atoms with Crippen LogP contribution in [0.15, 0.2) is 34.6 Å². The molecule has 0 aliphatic rings. The topological polar surface area (TPSA) is 65.2 Å². The lowest BCUT2D eigenvalue weighted by molar-refractivity contribution is 0.317. The van der Waals surface area contributed by atoms with Crippen LogP contribution in [0.2, 0.25) is 0 Å². The van der Waals surface area contributed by atoms with Crippen LogP contribution in [0.4, 0.5) is 0 Å². The Kier molecular flexibility index (Phi) is 4.51. The van der Waals surface area contributed by atoms with Gasteiger partial charge in [-0.25, -0.2) is 0 Å². The summed E-state index contributed by atoms with van der Waals surface area (Å²) in [7, 11) is 0. The Bertz CT molecular complexity index is 376. The first-order valence-electron chi connectivity index (χ1n) is 5.08. The highest BCUT2D eigenvalue weighted by Gasteiger charge is 2.00. The number of nitrogens with zero attached hydrogens (tertiary/aromatic N) is 2. The summed E-state index contributed by atoms with van der Waals surface area (Å²) in [6, 6.07) is 7.91. The lowest BCUT2D eigenvalue weighted by Crippen LogP contribution is -2.01. The molecule has 0 spiro atoms. The van der Waals surface area contributed by atoms with Gasteiger partial charge in [-0.2, -0.15) is 0 Å². The third kappa shape index (κ3) is 3.73. The Morgan fingerprint density at radius 1 is 1.00 bits per heavy atom. The van der Waals surface area contributed by atoms with E-state index < -0.39 is 0 Å². The van der Waals surface area contributed by atoms with Crippen LogP contribution in [-0.4, -0.2) is 21.8 Å². The van der Waals surface area contributed by atoms with Gasteiger partial charge < -0.3 is 10.4 Å². The molecule has 16 heavy (non-hydrogen) atoms. The predicted molar refractivity (Wildman–Crippen MR) is 63.6 cm³/mol. The molecular formula is C12H16N2O2. The molecule has 0 fully saturated rings. The zero-order valence-corrected chi connectivity index (χ0v) is 9.51. The van der Waals surface area contributed by atoms with Gasteiger partial charge >= 0.3 is 0 Å². The Labute approximate surface area is 94.9 Å². The maximum atomic E-state index is 8.58. The van der Waals surface area contributed by atoms with Crippen LogP contribution in [0, 0.1) is 0 Å². The maximum Gasteiger partial charge on any atom is 0.0583 e. The summed E-state index contributed by atoms with van der Waals surface area (Å²) in [4.78, 5) is 0. The lowest BCUT2D eigenvalue weighted by atomic mass is 10.0. The summed E-state index contributed by atoms with van der Waals surface area (Å²) in [6.07, 6.45) is 1.25. The minimum Gasteiger partial charge on any atom is -0.411 e. The van der Waals surface area contributed by atoms with E-state index in [1.165, 1.54) is 0 Å². The lowest BCUT2D eigenvalue weighted by Gasteiger charge is -2.04. The van der Waals surface area contributed by atoms with Crippen LogP contribution >= 0.6 is 0 Å². The summed E-state index contributed by atoms with van der Waals surface area (Å²) >= 11 is 0. The molecular weight excluding hydrogens is 204 g/mol. The highest BCUT2D eigenvalue weighted by Crippen LogP contribution is 2.08. The van der Waals surface area contributed by atoms with E-state index in [9.17, 15) is 0 Å². The zero-order valence-electron chi connectivity index (χ0n) is 9.51. The van der Waals surface area contributed by atoms with Gasteiger partial charge in [0.15, 0.2) is 0 Å². The first kappa shape index (κ1) is 12.2. The Balaban J connectivity index is 2.79. The van der Waals surface area contributed by atoms with Gasteiger partial charge in [-0.15, -0.1) is 0 Å². The molecule has 0 saturated carbocycles. The number of benzene rings is 1. The molecule has 0 amide bonds. The normalized spacial score (nSPS) is 12.9. The summed E-state index contributed by atoms with van der Waals surface area (Å²) in [6.45, 7) is 3.54. The molecule has 2 N–H and O–H groups in total. The Morgan fingerprint density at radius 2 is 1.44 bits per heavy atom. The van der Waals surface area contributed by atoms with Crippen LogP contribution in [-0.2, 0) is 12.8 Å². The van der Waals surface area contributed by atoms with Crippen molar-refractivity contribution in [2.75, 3.05) is 0 Å². The molecule has 0 heterocycles. The number of oxime groups is 2. The molecule has 0 aliphatic heterocycles. The van der Waals surface area contributed by atoms with Crippen molar-refractivity contribution in [1.82, 2.24) is 0 Å². The maximum absolute atomic E-state index is 8.58. The average Bonchev–Trinajstić information content (AvgIpc) is 2.29. The van der Waals surface area contributed by atoms with Crippen LogP contribution in [0.5, 0.6) is 0 Å². The largest absolute Gasteiger partial charge is 0.411 e. The van der Waals surface area contributed by atoms with Crippen molar-refractivity contribution in [2.24, 2.45) is 10.3 Å². The van der Waals surface area contributed by atoms with E-state index in [4.69, 9.17) is 10.4 Å². The standard InChI is InChI=1S/C12H16N2O2/c1-9(13-15)6-11-4-3-5-12(8-11)7-10(2)14-16/h3-5,8,15-16H,6-7H2,1-2H3. The van der Waals surface area contributed by atoms with Gasteiger partial charge in [0.1, 0.15) is 0 Å². The van der Waals surface area contributed by atoms with Gasteiger partial charge in [-0.1, -0.05) is 34.6 Å². The summed E-state index contributed by atoms with van der Waals surface area (Å²) in [5.41, 5.74) is 3.51. The third-order valence-corrected chi connectivity index (χ3v) is 2.25. The van der Waals surface area contributed by atoms with E-state index in [0.717, 1.165) is 11.1 Å². The average molecular weight is 220 g/mol. The van der Waals surface area contributed by atoms with Gasteiger partial charge in [0.2, 0.25) is 0 Å². The number of hydrogen-bond acceptors (Lipinski definition) is 4. The monoisotopic (exact) mass is 220 g/mol. The zero-order chi connectivity index (χ0) is 12.0. The molecule has 0 bridgehead atoms. The van der Waals surface area contributed by atoms with E-state index in [1.807, 2.05) is 24.3 Å². The van der Waals surface area contributed by atoms with Crippen LogP contribution in [0.25, 0.3) is 0 Å². The second kappa shape index (κ2) is 5.90. The molecule has 0 radical (unpaired) electrons. The van der Waals surface area contributed by atoms with Crippen LogP contribution < -0.4 is 0 Å². The fourth-order valence-electron chi connectivity index (χ4n) is 1.51.